The molecule has 0 aliphatic heterocycles. The first-order valence-corrected chi connectivity index (χ1v) is 4.24. The van der Waals surface area contributed by atoms with Crippen molar-refractivity contribution in [3.63, 3.8) is 0 Å². The van der Waals surface area contributed by atoms with Gasteiger partial charge in [-0.2, -0.15) is 0 Å². The molecule has 0 heterocycles. The zero-order valence-corrected chi connectivity index (χ0v) is 7.66. The average Bonchev–Trinajstić information content (AvgIpc) is 2.15. The van der Waals surface area contributed by atoms with Gasteiger partial charge in [-0.05, 0) is 23.8 Å². The smallest absolute Gasteiger partial charge is 0.322 e. The van der Waals surface area contributed by atoms with E-state index in [1.807, 2.05) is 30.3 Å². The second-order valence-corrected chi connectivity index (χ2v) is 2.91. The highest BCUT2D eigenvalue weighted by molar-refractivity contribution is 6.14. The molecule has 0 aliphatic rings. The molecule has 0 aliphatic carbocycles. The summed E-state index contributed by atoms with van der Waals surface area (Å²) in [5, 5.41) is 8.69. The lowest BCUT2D eigenvalue weighted by Gasteiger charge is -2.08. The van der Waals surface area contributed by atoms with Crippen LogP contribution in [0.4, 0.5) is 0 Å². The van der Waals surface area contributed by atoms with Gasteiger partial charge in [0.2, 0.25) is 0 Å². The number of rotatable bonds is 4. The summed E-state index contributed by atoms with van der Waals surface area (Å²) in [7, 11) is 0. The molecule has 0 bridgehead atoms. The van der Waals surface area contributed by atoms with Gasteiger partial charge in [-0.1, -0.05) is 30.3 Å². The maximum Gasteiger partial charge on any atom is 0.322 e. The molecule has 1 aromatic carbocycles. The van der Waals surface area contributed by atoms with Crippen molar-refractivity contribution in [2.24, 2.45) is 0 Å². The third kappa shape index (κ3) is 3.05. The number of hydrogen-bond acceptors (Lipinski definition) is 2. The molecular formula is C9H10ClNO2. The molecule has 0 radical (unpaired) electrons. The molecule has 70 valence electrons. The maximum atomic E-state index is 10.6. The van der Waals surface area contributed by atoms with Crippen LogP contribution >= 0.6 is 11.8 Å². The fourth-order valence-electron chi connectivity index (χ4n) is 1.02. The van der Waals surface area contributed by atoms with Crippen molar-refractivity contribution in [1.82, 2.24) is 4.84 Å². The monoisotopic (exact) mass is 199 g/mol. The quantitative estimate of drug-likeness (QED) is 0.722. The number of carbonyl (C=O) groups is 1. The van der Waals surface area contributed by atoms with Crippen molar-refractivity contribution >= 4 is 17.7 Å². The number of nitrogens with one attached hydrogen (secondary N) is 1. The van der Waals surface area contributed by atoms with Crippen molar-refractivity contribution in [1.29, 1.82) is 0 Å². The molecule has 0 saturated carbocycles. The molecule has 0 aromatic heterocycles. The van der Waals surface area contributed by atoms with Crippen molar-refractivity contribution in [3.8, 4) is 0 Å². The zero-order chi connectivity index (χ0) is 9.68. The Bertz CT molecular complexity index is 276. The fraction of sp³-hybridized carbons (Fsp3) is 0.222. The Morgan fingerprint density at radius 2 is 2.08 bits per heavy atom. The normalized spacial score (nSPS) is 12.4. The van der Waals surface area contributed by atoms with Gasteiger partial charge in [0.1, 0.15) is 6.04 Å². The van der Waals surface area contributed by atoms with E-state index in [1.54, 1.807) is 0 Å². The predicted octanol–water partition coefficient (Wildman–Crippen LogP) is 1.43. The van der Waals surface area contributed by atoms with Crippen LogP contribution in [0.3, 0.4) is 0 Å². The first-order chi connectivity index (χ1) is 6.24. The van der Waals surface area contributed by atoms with Crippen LogP contribution in [0.1, 0.15) is 5.56 Å². The van der Waals surface area contributed by atoms with E-state index in [2.05, 4.69) is 4.84 Å². The van der Waals surface area contributed by atoms with Crippen LogP contribution in [-0.2, 0) is 11.2 Å². The minimum Gasteiger partial charge on any atom is -0.480 e. The summed E-state index contributed by atoms with van der Waals surface area (Å²) in [4.78, 5) is 12.8. The molecule has 0 saturated heterocycles. The summed E-state index contributed by atoms with van der Waals surface area (Å²) in [6.45, 7) is 0. The van der Waals surface area contributed by atoms with E-state index in [-0.39, 0.29) is 0 Å². The Kier molecular flexibility index (Phi) is 3.73. The number of carboxylic acids is 1. The van der Waals surface area contributed by atoms with Gasteiger partial charge in [-0.3, -0.25) is 4.79 Å². The second kappa shape index (κ2) is 4.84. The van der Waals surface area contributed by atoms with Gasteiger partial charge in [-0.25, -0.2) is 4.84 Å². The van der Waals surface area contributed by atoms with Gasteiger partial charge in [-0.15, -0.1) is 0 Å². The lowest BCUT2D eigenvalue weighted by Crippen LogP contribution is -2.32. The van der Waals surface area contributed by atoms with E-state index in [0.29, 0.717) is 6.42 Å². The molecule has 0 amide bonds. The van der Waals surface area contributed by atoms with Crippen LogP contribution in [0, 0.1) is 0 Å². The summed E-state index contributed by atoms with van der Waals surface area (Å²) < 4.78 is 0. The fourth-order valence-corrected chi connectivity index (χ4v) is 1.19. The minimum atomic E-state index is -0.946. The van der Waals surface area contributed by atoms with Gasteiger partial charge in [0.25, 0.3) is 0 Å². The Balaban J connectivity index is 2.62. The van der Waals surface area contributed by atoms with Crippen LogP contribution in [0.25, 0.3) is 0 Å². The largest absolute Gasteiger partial charge is 0.480 e. The Morgan fingerprint density at radius 1 is 1.46 bits per heavy atom. The molecule has 1 rings (SSSR count). The molecule has 0 unspecified atom stereocenters. The molecular weight excluding hydrogens is 190 g/mol. The molecule has 3 nitrogen and oxygen atoms in total. The number of hydrogen-bond donors (Lipinski definition) is 2. The van der Waals surface area contributed by atoms with E-state index in [0.717, 1.165) is 5.56 Å². The van der Waals surface area contributed by atoms with Gasteiger partial charge >= 0.3 is 5.97 Å². The highest BCUT2D eigenvalue weighted by atomic mass is 35.5. The summed E-state index contributed by atoms with van der Waals surface area (Å²) in [6, 6.07) is 8.61. The number of benzene rings is 1. The standard InChI is InChI=1S/C9H10ClNO2/c10-11-8(9(12)13)6-7-4-2-1-3-5-7/h1-5,8,11H,6H2,(H,12,13)/t8-/m0/s1. The SMILES string of the molecule is O=C(O)[C@H](Cc1ccccc1)NCl. The third-order valence-corrected chi connectivity index (χ3v) is 1.98. The molecule has 4 heteroatoms. The van der Waals surface area contributed by atoms with Gasteiger partial charge in [0.15, 0.2) is 0 Å². The number of carboxylic acid groups (broad SMARTS) is 1. The van der Waals surface area contributed by atoms with Crippen LogP contribution in [0.5, 0.6) is 0 Å². The van der Waals surface area contributed by atoms with Crippen LogP contribution < -0.4 is 4.84 Å². The summed E-state index contributed by atoms with van der Waals surface area (Å²) in [5.41, 5.74) is 0.947. The molecule has 2 N–H and O–H groups in total. The average molecular weight is 200 g/mol. The maximum absolute atomic E-state index is 10.6. The second-order valence-electron chi connectivity index (χ2n) is 2.69. The summed E-state index contributed by atoms with van der Waals surface area (Å²) in [5.74, 6) is -0.946. The van der Waals surface area contributed by atoms with E-state index in [4.69, 9.17) is 16.9 Å². The van der Waals surface area contributed by atoms with Crippen molar-refractivity contribution < 1.29 is 9.90 Å². The van der Waals surface area contributed by atoms with Gasteiger partial charge in [0, 0.05) is 0 Å². The highest BCUT2D eigenvalue weighted by Crippen LogP contribution is 2.03. The number of aliphatic carboxylic acids is 1. The van der Waals surface area contributed by atoms with E-state index >= 15 is 0 Å². The molecule has 0 spiro atoms. The van der Waals surface area contributed by atoms with Crippen molar-refractivity contribution in [3.05, 3.63) is 35.9 Å². The Hall–Kier alpha value is -1.06. The third-order valence-electron chi connectivity index (χ3n) is 1.71. The van der Waals surface area contributed by atoms with Crippen LogP contribution in [-0.4, -0.2) is 17.1 Å². The van der Waals surface area contributed by atoms with E-state index < -0.39 is 12.0 Å². The van der Waals surface area contributed by atoms with Gasteiger partial charge < -0.3 is 5.11 Å². The molecule has 1 atom stereocenters. The van der Waals surface area contributed by atoms with Crippen molar-refractivity contribution in [2.45, 2.75) is 12.5 Å². The Labute approximate surface area is 81.4 Å². The van der Waals surface area contributed by atoms with Crippen LogP contribution in [0.2, 0.25) is 0 Å². The summed E-state index contributed by atoms with van der Waals surface area (Å²) in [6.07, 6.45) is 0.389. The predicted molar refractivity (Wildman–Crippen MR) is 50.6 cm³/mol. The zero-order valence-electron chi connectivity index (χ0n) is 6.90. The lowest BCUT2D eigenvalue weighted by molar-refractivity contribution is -0.138. The topological polar surface area (TPSA) is 49.3 Å². The van der Waals surface area contributed by atoms with Gasteiger partial charge in [0.05, 0.1) is 0 Å². The lowest BCUT2D eigenvalue weighted by atomic mass is 10.1. The molecule has 0 fully saturated rings. The van der Waals surface area contributed by atoms with E-state index in [1.165, 1.54) is 0 Å². The first-order valence-electron chi connectivity index (χ1n) is 3.87. The number of halogens is 1. The Morgan fingerprint density at radius 3 is 2.54 bits per heavy atom. The first kappa shape index (κ1) is 10.0. The molecule has 13 heavy (non-hydrogen) atoms. The summed E-state index contributed by atoms with van der Waals surface area (Å²) >= 11 is 5.28. The minimum absolute atomic E-state index is 0.389. The van der Waals surface area contributed by atoms with Crippen molar-refractivity contribution in [2.75, 3.05) is 0 Å². The van der Waals surface area contributed by atoms with Crippen LogP contribution in [0.15, 0.2) is 30.3 Å². The van der Waals surface area contributed by atoms with E-state index in [9.17, 15) is 4.79 Å². The molecule has 1 aromatic rings. The highest BCUT2D eigenvalue weighted by Gasteiger charge is 2.15.